The van der Waals surface area contributed by atoms with E-state index in [2.05, 4.69) is 36.8 Å². The summed E-state index contributed by atoms with van der Waals surface area (Å²) in [7, 11) is 2.14. The maximum atomic E-state index is 4.06. The van der Waals surface area contributed by atoms with E-state index in [1.807, 2.05) is 6.92 Å². The van der Waals surface area contributed by atoms with E-state index in [4.69, 9.17) is 0 Å². The van der Waals surface area contributed by atoms with E-state index in [1.54, 1.807) is 0 Å². The summed E-state index contributed by atoms with van der Waals surface area (Å²) < 4.78 is 0. The van der Waals surface area contributed by atoms with Gasteiger partial charge in [0.05, 0.1) is 0 Å². The van der Waals surface area contributed by atoms with Gasteiger partial charge in [-0.3, -0.25) is 0 Å². The highest BCUT2D eigenvalue weighted by atomic mass is 15.1. The topological polar surface area (TPSA) is 3.24 Å². The predicted molar refractivity (Wildman–Crippen MR) is 54.2 cm³/mol. The van der Waals surface area contributed by atoms with Crippen LogP contribution < -0.4 is 0 Å². The molecule has 0 amide bonds. The summed E-state index contributed by atoms with van der Waals surface area (Å²) in [4.78, 5) is 2.30. The fourth-order valence-corrected chi connectivity index (χ4v) is 1.41. The summed E-state index contributed by atoms with van der Waals surface area (Å²) in [6.45, 7) is 8.26. The molecule has 0 bridgehead atoms. The van der Waals surface area contributed by atoms with Crippen molar-refractivity contribution in [2.75, 3.05) is 20.1 Å². The minimum atomic E-state index is 1.02. The second-order valence-electron chi connectivity index (χ2n) is 3.31. The molecule has 1 rings (SSSR count). The zero-order chi connectivity index (χ0) is 8.97. The van der Waals surface area contributed by atoms with Gasteiger partial charge in [-0.1, -0.05) is 24.8 Å². The summed E-state index contributed by atoms with van der Waals surface area (Å²) in [5.74, 6) is 0. The maximum absolute atomic E-state index is 4.06. The van der Waals surface area contributed by atoms with Crippen LogP contribution in [0.5, 0.6) is 0 Å². The first-order chi connectivity index (χ1) is 5.74. The Labute approximate surface area is 75.1 Å². The Morgan fingerprint density at radius 1 is 1.50 bits per heavy atom. The third-order valence-corrected chi connectivity index (χ3v) is 2.17. The van der Waals surface area contributed by atoms with Gasteiger partial charge in [0.15, 0.2) is 0 Å². The van der Waals surface area contributed by atoms with Gasteiger partial charge in [-0.2, -0.15) is 0 Å². The molecule has 0 N–H and O–H groups in total. The van der Waals surface area contributed by atoms with Gasteiger partial charge in [-0.05, 0) is 31.5 Å². The Balaban J connectivity index is 2.62. The molecule has 0 aromatic carbocycles. The van der Waals surface area contributed by atoms with Crippen LogP contribution in [0.4, 0.5) is 0 Å². The monoisotopic (exact) mass is 163 g/mol. The van der Waals surface area contributed by atoms with Crippen LogP contribution in [0.1, 0.15) is 13.3 Å². The molecular formula is C11H17N. The predicted octanol–water partition coefficient (Wildman–Crippen LogP) is 2.38. The van der Waals surface area contributed by atoms with Gasteiger partial charge in [-0.15, -0.1) is 0 Å². The molecule has 0 radical (unpaired) electrons. The van der Waals surface area contributed by atoms with Crippen LogP contribution in [0, 0.1) is 0 Å². The zero-order valence-corrected chi connectivity index (χ0v) is 8.01. The lowest BCUT2D eigenvalue weighted by Crippen LogP contribution is -2.27. The van der Waals surface area contributed by atoms with Crippen LogP contribution in [0.3, 0.4) is 0 Å². The van der Waals surface area contributed by atoms with Gasteiger partial charge in [0.2, 0.25) is 0 Å². The molecule has 1 heteroatoms. The Kier molecular flexibility index (Phi) is 3.30. The number of allylic oxidation sites excluding steroid dienone is 3. The number of likely N-dealkylation sites (tertiary alicyclic amines) is 1. The fraction of sp³-hybridized carbons (Fsp3) is 0.455. The van der Waals surface area contributed by atoms with Crippen LogP contribution >= 0.6 is 0 Å². The normalized spacial score (nSPS) is 24.2. The highest BCUT2D eigenvalue weighted by molar-refractivity contribution is 5.34. The van der Waals surface area contributed by atoms with Crippen LogP contribution in [-0.2, 0) is 0 Å². The van der Waals surface area contributed by atoms with Crippen molar-refractivity contribution in [3.63, 3.8) is 0 Å². The first-order valence-electron chi connectivity index (χ1n) is 4.42. The summed E-state index contributed by atoms with van der Waals surface area (Å²) >= 11 is 0. The van der Waals surface area contributed by atoms with Crippen LogP contribution in [-0.4, -0.2) is 25.0 Å². The van der Waals surface area contributed by atoms with Crippen LogP contribution in [0.25, 0.3) is 0 Å². The highest BCUT2D eigenvalue weighted by Crippen LogP contribution is 2.19. The molecule has 1 nitrogen and oxygen atoms in total. The van der Waals surface area contributed by atoms with Crippen molar-refractivity contribution in [3.05, 3.63) is 36.0 Å². The molecule has 0 saturated carbocycles. The number of piperidine rings is 1. The summed E-state index contributed by atoms with van der Waals surface area (Å²) in [5.41, 5.74) is 2.67. The van der Waals surface area contributed by atoms with Crippen molar-refractivity contribution in [1.82, 2.24) is 4.90 Å². The first-order valence-corrected chi connectivity index (χ1v) is 4.42. The molecule has 1 fully saturated rings. The maximum Gasteiger partial charge on any atom is 0.0227 e. The van der Waals surface area contributed by atoms with Crippen molar-refractivity contribution in [2.24, 2.45) is 0 Å². The van der Waals surface area contributed by atoms with Gasteiger partial charge in [0.1, 0.15) is 0 Å². The van der Waals surface area contributed by atoms with Crippen molar-refractivity contribution in [3.8, 4) is 0 Å². The van der Waals surface area contributed by atoms with Gasteiger partial charge in [0, 0.05) is 13.1 Å². The van der Waals surface area contributed by atoms with Crippen LogP contribution in [0.15, 0.2) is 36.0 Å². The standard InChI is InChI=1S/C11H17N/c1-4-5-6-11-7-8-12(3)9-10(11)2/h4-6H,2,7-9H2,1,3H3/b5-4-,11-6-. The van der Waals surface area contributed by atoms with E-state index in [0.717, 1.165) is 19.5 Å². The third kappa shape index (κ3) is 2.35. The highest BCUT2D eigenvalue weighted by Gasteiger charge is 2.12. The minimum absolute atomic E-state index is 1.02. The SMILES string of the molecule is C=C1CN(C)CC/C1=C/C=C\C. The van der Waals surface area contributed by atoms with Crippen molar-refractivity contribution < 1.29 is 0 Å². The average Bonchev–Trinajstić information content (AvgIpc) is 2.03. The first kappa shape index (κ1) is 9.27. The van der Waals surface area contributed by atoms with Gasteiger partial charge in [0.25, 0.3) is 0 Å². The van der Waals surface area contributed by atoms with Gasteiger partial charge < -0.3 is 4.90 Å². The molecule has 1 aliphatic rings. The second-order valence-corrected chi connectivity index (χ2v) is 3.31. The summed E-state index contributed by atoms with van der Waals surface area (Å²) in [6, 6.07) is 0. The molecule has 12 heavy (non-hydrogen) atoms. The van der Waals surface area contributed by atoms with E-state index in [1.165, 1.54) is 11.1 Å². The van der Waals surface area contributed by atoms with E-state index < -0.39 is 0 Å². The molecule has 0 aromatic rings. The number of hydrogen-bond donors (Lipinski definition) is 0. The van der Waals surface area contributed by atoms with Crippen molar-refractivity contribution >= 4 is 0 Å². The lowest BCUT2D eigenvalue weighted by atomic mass is 9.99. The third-order valence-electron chi connectivity index (χ3n) is 2.17. The van der Waals surface area contributed by atoms with E-state index in [9.17, 15) is 0 Å². The Bertz CT molecular complexity index is 223. The average molecular weight is 163 g/mol. The van der Waals surface area contributed by atoms with Gasteiger partial charge in [-0.25, -0.2) is 0 Å². The van der Waals surface area contributed by atoms with Gasteiger partial charge >= 0.3 is 0 Å². The zero-order valence-electron chi connectivity index (χ0n) is 8.01. The lowest BCUT2D eigenvalue weighted by Gasteiger charge is -2.25. The molecule has 66 valence electrons. The Morgan fingerprint density at radius 2 is 2.25 bits per heavy atom. The largest absolute Gasteiger partial charge is 0.302 e. The molecule has 0 spiro atoms. The number of nitrogens with zero attached hydrogens (tertiary/aromatic N) is 1. The summed E-state index contributed by atoms with van der Waals surface area (Å²) in [6.07, 6.45) is 7.46. The quantitative estimate of drug-likeness (QED) is 0.573. The second kappa shape index (κ2) is 4.27. The number of hydrogen-bond acceptors (Lipinski definition) is 1. The molecular weight excluding hydrogens is 146 g/mol. The van der Waals surface area contributed by atoms with Crippen molar-refractivity contribution in [1.29, 1.82) is 0 Å². The van der Waals surface area contributed by atoms with Crippen LogP contribution in [0.2, 0.25) is 0 Å². The number of rotatable bonds is 1. The van der Waals surface area contributed by atoms with E-state index in [-0.39, 0.29) is 0 Å². The molecule has 1 saturated heterocycles. The lowest BCUT2D eigenvalue weighted by molar-refractivity contribution is 0.348. The van der Waals surface area contributed by atoms with E-state index >= 15 is 0 Å². The minimum Gasteiger partial charge on any atom is -0.302 e. The smallest absolute Gasteiger partial charge is 0.0227 e. The molecule has 0 atom stereocenters. The summed E-state index contributed by atoms with van der Waals surface area (Å²) in [5, 5.41) is 0. The molecule has 0 aromatic heterocycles. The molecule has 0 aliphatic carbocycles. The van der Waals surface area contributed by atoms with E-state index in [0.29, 0.717) is 0 Å². The number of likely N-dealkylation sites (N-methyl/N-ethyl adjacent to an activating group) is 1. The molecule has 0 unspecified atom stereocenters. The molecule has 1 heterocycles. The fourth-order valence-electron chi connectivity index (χ4n) is 1.41. The van der Waals surface area contributed by atoms with Crippen molar-refractivity contribution in [2.45, 2.75) is 13.3 Å². The molecule has 1 aliphatic heterocycles. The Hall–Kier alpha value is -0.820. The Morgan fingerprint density at radius 3 is 2.83 bits per heavy atom.